The van der Waals surface area contributed by atoms with E-state index in [0.717, 1.165) is 30.9 Å². The van der Waals surface area contributed by atoms with Crippen LogP contribution >= 0.6 is 0 Å². The fraction of sp³-hybridized carbons (Fsp3) is 0.409. The Morgan fingerprint density at radius 3 is 2.56 bits per heavy atom. The molecule has 2 heterocycles. The highest BCUT2D eigenvalue weighted by Gasteiger charge is 2.34. The van der Waals surface area contributed by atoms with Crippen molar-refractivity contribution >= 4 is 5.91 Å². The second-order valence-corrected chi connectivity index (χ2v) is 7.58. The fourth-order valence-corrected chi connectivity index (χ4v) is 4.23. The van der Waals surface area contributed by atoms with Crippen molar-refractivity contribution in [3.05, 3.63) is 65.2 Å². The smallest absolute Gasteiger partial charge is 0.223 e. The lowest BCUT2D eigenvalue weighted by Crippen LogP contribution is -2.34. The SMILES string of the molecule is COc1cccc([C@H]2CN(C(=O)CCN3Cc4ccccc4C3)C[C@@H]2N)c1. The summed E-state index contributed by atoms with van der Waals surface area (Å²) in [6, 6.07) is 16.5. The minimum atomic E-state index is -0.0305. The standard InChI is InChI=1S/C22H27N3O2/c1-27-19-8-4-7-16(11-19)20-14-25(15-21(20)23)22(26)9-10-24-12-17-5-2-3-6-18(17)13-24/h2-8,11,20-21H,9-10,12-15,23H2,1H3/t20-,21+/m1/s1. The van der Waals surface area contributed by atoms with E-state index in [-0.39, 0.29) is 17.9 Å². The summed E-state index contributed by atoms with van der Waals surface area (Å²) in [6.45, 7) is 3.99. The quantitative estimate of drug-likeness (QED) is 0.884. The van der Waals surface area contributed by atoms with E-state index in [4.69, 9.17) is 10.5 Å². The zero-order chi connectivity index (χ0) is 18.8. The number of methoxy groups -OCH3 is 1. The summed E-state index contributed by atoms with van der Waals surface area (Å²) in [6.07, 6.45) is 0.547. The molecule has 0 bridgehead atoms. The molecule has 0 radical (unpaired) electrons. The maximum absolute atomic E-state index is 12.7. The number of nitrogens with zero attached hydrogens (tertiary/aromatic N) is 2. The van der Waals surface area contributed by atoms with Crippen molar-refractivity contribution < 1.29 is 9.53 Å². The van der Waals surface area contributed by atoms with Gasteiger partial charge in [-0.3, -0.25) is 9.69 Å². The normalized spacial score (nSPS) is 22.1. The number of hydrogen-bond donors (Lipinski definition) is 1. The van der Waals surface area contributed by atoms with Crippen LogP contribution in [0.1, 0.15) is 29.0 Å². The molecule has 142 valence electrons. The molecule has 2 aromatic rings. The van der Waals surface area contributed by atoms with Crippen molar-refractivity contribution in [2.24, 2.45) is 5.73 Å². The molecule has 1 amide bonds. The Bertz CT molecular complexity index is 798. The molecule has 1 saturated heterocycles. The maximum atomic E-state index is 12.7. The van der Waals surface area contributed by atoms with Gasteiger partial charge in [-0.15, -0.1) is 0 Å². The number of carbonyl (C=O) groups excluding carboxylic acids is 1. The molecule has 27 heavy (non-hydrogen) atoms. The number of benzene rings is 2. The largest absolute Gasteiger partial charge is 0.497 e. The Labute approximate surface area is 160 Å². The summed E-state index contributed by atoms with van der Waals surface area (Å²) in [7, 11) is 1.67. The molecule has 0 aliphatic carbocycles. The van der Waals surface area contributed by atoms with E-state index in [0.29, 0.717) is 19.5 Å². The monoisotopic (exact) mass is 365 g/mol. The van der Waals surface area contributed by atoms with Gasteiger partial charge in [-0.25, -0.2) is 0 Å². The maximum Gasteiger partial charge on any atom is 0.223 e. The van der Waals surface area contributed by atoms with Crippen molar-refractivity contribution in [2.45, 2.75) is 31.5 Å². The van der Waals surface area contributed by atoms with Crippen molar-refractivity contribution in [1.29, 1.82) is 0 Å². The Morgan fingerprint density at radius 1 is 1.11 bits per heavy atom. The van der Waals surface area contributed by atoms with E-state index in [1.54, 1.807) is 7.11 Å². The lowest BCUT2D eigenvalue weighted by Gasteiger charge is -2.19. The number of amides is 1. The summed E-state index contributed by atoms with van der Waals surface area (Å²) in [4.78, 5) is 17.0. The molecule has 1 fully saturated rings. The van der Waals surface area contributed by atoms with Gasteiger partial charge in [0.1, 0.15) is 5.75 Å². The third-order valence-electron chi connectivity index (χ3n) is 5.79. The van der Waals surface area contributed by atoms with Crippen LogP contribution in [0.25, 0.3) is 0 Å². The first-order valence-electron chi connectivity index (χ1n) is 9.60. The first kappa shape index (κ1) is 18.0. The number of rotatable bonds is 5. The lowest BCUT2D eigenvalue weighted by atomic mass is 9.95. The molecule has 0 spiro atoms. The summed E-state index contributed by atoms with van der Waals surface area (Å²) in [5, 5.41) is 0. The second kappa shape index (κ2) is 7.71. The second-order valence-electron chi connectivity index (χ2n) is 7.58. The Morgan fingerprint density at radius 2 is 1.85 bits per heavy atom. The third-order valence-corrected chi connectivity index (χ3v) is 5.79. The van der Waals surface area contributed by atoms with Crippen LogP contribution in [0.5, 0.6) is 5.75 Å². The van der Waals surface area contributed by atoms with E-state index in [1.807, 2.05) is 23.1 Å². The van der Waals surface area contributed by atoms with Crippen molar-refractivity contribution in [1.82, 2.24) is 9.80 Å². The summed E-state index contributed by atoms with van der Waals surface area (Å²) < 4.78 is 5.32. The number of hydrogen-bond acceptors (Lipinski definition) is 4. The van der Waals surface area contributed by atoms with Crippen LogP contribution in [0.4, 0.5) is 0 Å². The van der Waals surface area contributed by atoms with Gasteiger partial charge in [-0.1, -0.05) is 36.4 Å². The molecule has 0 unspecified atom stereocenters. The highest BCUT2D eigenvalue weighted by molar-refractivity contribution is 5.77. The van der Waals surface area contributed by atoms with Crippen LogP contribution in [0, 0.1) is 0 Å². The number of fused-ring (bicyclic) bond motifs is 1. The Kier molecular flexibility index (Phi) is 5.14. The van der Waals surface area contributed by atoms with E-state index in [1.165, 1.54) is 11.1 Å². The van der Waals surface area contributed by atoms with Crippen molar-refractivity contribution in [3.8, 4) is 5.75 Å². The van der Waals surface area contributed by atoms with E-state index in [2.05, 4.69) is 35.2 Å². The van der Waals surface area contributed by atoms with Crippen molar-refractivity contribution in [2.75, 3.05) is 26.7 Å². The summed E-state index contributed by atoms with van der Waals surface area (Å²) >= 11 is 0. The molecular weight excluding hydrogens is 338 g/mol. The van der Waals surface area contributed by atoms with Gasteiger partial charge in [0.15, 0.2) is 0 Å². The zero-order valence-electron chi connectivity index (χ0n) is 15.8. The molecule has 0 aromatic heterocycles. The van der Waals surface area contributed by atoms with E-state index < -0.39 is 0 Å². The van der Waals surface area contributed by atoms with Gasteiger partial charge in [0.05, 0.1) is 7.11 Å². The molecule has 2 aliphatic rings. The molecular formula is C22H27N3O2. The molecule has 5 heteroatoms. The molecule has 2 N–H and O–H groups in total. The van der Waals surface area contributed by atoms with Gasteiger partial charge in [-0.2, -0.15) is 0 Å². The highest BCUT2D eigenvalue weighted by atomic mass is 16.5. The minimum Gasteiger partial charge on any atom is -0.497 e. The highest BCUT2D eigenvalue weighted by Crippen LogP contribution is 2.29. The van der Waals surface area contributed by atoms with Gasteiger partial charge < -0.3 is 15.4 Å². The lowest BCUT2D eigenvalue weighted by molar-refractivity contribution is -0.130. The molecule has 4 rings (SSSR count). The molecule has 2 aliphatic heterocycles. The van der Waals surface area contributed by atoms with Crippen LogP contribution in [0.2, 0.25) is 0 Å². The number of carbonyl (C=O) groups is 1. The Hall–Kier alpha value is -2.37. The third kappa shape index (κ3) is 3.84. The van der Waals surface area contributed by atoms with E-state index in [9.17, 15) is 4.79 Å². The first-order chi connectivity index (χ1) is 13.1. The molecule has 2 aromatic carbocycles. The first-order valence-corrected chi connectivity index (χ1v) is 9.60. The van der Waals surface area contributed by atoms with Crippen LogP contribution in [-0.4, -0.2) is 48.5 Å². The number of likely N-dealkylation sites (tertiary alicyclic amines) is 1. The zero-order valence-corrected chi connectivity index (χ0v) is 15.8. The van der Waals surface area contributed by atoms with Crippen LogP contribution in [0.15, 0.2) is 48.5 Å². The fourth-order valence-electron chi connectivity index (χ4n) is 4.23. The number of nitrogens with two attached hydrogens (primary N) is 1. The van der Waals surface area contributed by atoms with Crippen LogP contribution in [-0.2, 0) is 17.9 Å². The van der Waals surface area contributed by atoms with Gasteiger partial charge >= 0.3 is 0 Å². The van der Waals surface area contributed by atoms with Gasteiger partial charge in [0, 0.05) is 51.1 Å². The molecule has 0 saturated carbocycles. The number of ether oxygens (including phenoxy) is 1. The average molecular weight is 365 g/mol. The Balaban J connectivity index is 1.32. The van der Waals surface area contributed by atoms with Crippen LogP contribution < -0.4 is 10.5 Å². The minimum absolute atomic E-state index is 0.0305. The average Bonchev–Trinajstić information content (AvgIpc) is 3.29. The van der Waals surface area contributed by atoms with Gasteiger partial charge in [-0.05, 0) is 28.8 Å². The van der Waals surface area contributed by atoms with Crippen molar-refractivity contribution in [3.63, 3.8) is 0 Å². The predicted octanol–water partition coefficient (Wildman–Crippen LogP) is 2.35. The topological polar surface area (TPSA) is 58.8 Å². The van der Waals surface area contributed by atoms with Crippen LogP contribution in [0.3, 0.4) is 0 Å². The van der Waals surface area contributed by atoms with E-state index >= 15 is 0 Å². The predicted molar refractivity (Wildman–Crippen MR) is 105 cm³/mol. The summed E-state index contributed by atoms with van der Waals surface area (Å²) in [5.74, 6) is 1.20. The summed E-state index contributed by atoms with van der Waals surface area (Å²) in [5.41, 5.74) is 10.3. The molecule has 2 atom stereocenters. The molecule has 5 nitrogen and oxygen atoms in total. The van der Waals surface area contributed by atoms with Gasteiger partial charge in [0.25, 0.3) is 0 Å². The van der Waals surface area contributed by atoms with Gasteiger partial charge in [0.2, 0.25) is 5.91 Å².